The van der Waals surface area contributed by atoms with Crippen LogP contribution in [0.25, 0.3) is 0 Å². The Morgan fingerprint density at radius 2 is 1.88 bits per heavy atom. The fraction of sp³-hybridized carbons (Fsp3) is 0.462. The van der Waals surface area contributed by atoms with Gasteiger partial charge in [0, 0.05) is 18.5 Å². The van der Waals surface area contributed by atoms with Crippen molar-refractivity contribution in [2.75, 3.05) is 20.7 Å². The molecule has 3 heteroatoms. The minimum atomic E-state index is 0.170. The Bertz CT molecular complexity index is 363. The maximum Gasteiger partial charge on any atom is 0.164 e. The van der Waals surface area contributed by atoms with Crippen molar-refractivity contribution in [3.8, 4) is 5.75 Å². The van der Waals surface area contributed by atoms with E-state index in [1.165, 1.54) is 0 Å². The normalized spacial score (nSPS) is 10.2. The van der Waals surface area contributed by atoms with Crippen LogP contribution in [0.2, 0.25) is 0 Å². The zero-order chi connectivity index (χ0) is 12.1. The van der Waals surface area contributed by atoms with Crippen molar-refractivity contribution in [3.05, 3.63) is 28.8 Å². The standard InChI is InChI=1S/C13H19NO2/c1-9-7-11(12(15)5-6-14-3)8-10(2)13(9)16-4/h7-8,14H,5-6H2,1-4H3. The maximum atomic E-state index is 11.8. The predicted octanol–water partition coefficient (Wildman–Crippen LogP) is 2.10. The van der Waals surface area contributed by atoms with E-state index in [0.717, 1.165) is 22.4 Å². The monoisotopic (exact) mass is 221 g/mol. The van der Waals surface area contributed by atoms with E-state index in [2.05, 4.69) is 5.32 Å². The van der Waals surface area contributed by atoms with Gasteiger partial charge in [-0.15, -0.1) is 0 Å². The van der Waals surface area contributed by atoms with E-state index in [1.807, 2.05) is 33.0 Å². The highest BCUT2D eigenvalue weighted by molar-refractivity contribution is 5.96. The fourth-order valence-electron chi connectivity index (χ4n) is 1.82. The molecule has 0 heterocycles. The lowest BCUT2D eigenvalue weighted by atomic mass is 10.0. The molecule has 1 aromatic carbocycles. The summed E-state index contributed by atoms with van der Waals surface area (Å²) in [4.78, 5) is 11.8. The quantitative estimate of drug-likeness (QED) is 0.774. The Kier molecular flexibility index (Phi) is 4.50. The SMILES string of the molecule is CNCCC(=O)c1cc(C)c(OC)c(C)c1. The first-order valence-corrected chi connectivity index (χ1v) is 5.43. The van der Waals surface area contributed by atoms with Gasteiger partial charge in [-0.2, -0.15) is 0 Å². The van der Waals surface area contributed by atoms with Crippen LogP contribution in [0.5, 0.6) is 5.75 Å². The smallest absolute Gasteiger partial charge is 0.164 e. The van der Waals surface area contributed by atoms with E-state index < -0.39 is 0 Å². The van der Waals surface area contributed by atoms with Gasteiger partial charge >= 0.3 is 0 Å². The zero-order valence-electron chi connectivity index (χ0n) is 10.4. The van der Waals surface area contributed by atoms with Crippen molar-refractivity contribution in [2.45, 2.75) is 20.3 Å². The van der Waals surface area contributed by atoms with E-state index in [0.29, 0.717) is 13.0 Å². The first-order chi connectivity index (χ1) is 7.60. The van der Waals surface area contributed by atoms with E-state index in [4.69, 9.17) is 4.74 Å². The first-order valence-electron chi connectivity index (χ1n) is 5.43. The van der Waals surface area contributed by atoms with Gasteiger partial charge < -0.3 is 10.1 Å². The summed E-state index contributed by atoms with van der Waals surface area (Å²) in [6.45, 7) is 4.63. The van der Waals surface area contributed by atoms with Crippen molar-refractivity contribution in [3.63, 3.8) is 0 Å². The molecule has 0 aliphatic carbocycles. The lowest BCUT2D eigenvalue weighted by Crippen LogP contribution is -2.13. The summed E-state index contributed by atoms with van der Waals surface area (Å²) in [5.41, 5.74) is 2.79. The van der Waals surface area contributed by atoms with Crippen LogP contribution in [-0.2, 0) is 0 Å². The minimum absolute atomic E-state index is 0.170. The number of nitrogens with one attached hydrogen (secondary N) is 1. The molecule has 1 rings (SSSR count). The van der Waals surface area contributed by atoms with Gasteiger partial charge in [0.05, 0.1) is 7.11 Å². The Balaban J connectivity index is 2.95. The fourth-order valence-corrected chi connectivity index (χ4v) is 1.82. The molecule has 0 saturated heterocycles. The molecule has 0 bridgehead atoms. The minimum Gasteiger partial charge on any atom is -0.496 e. The molecule has 0 aliphatic rings. The number of carbonyl (C=O) groups is 1. The number of hydrogen-bond donors (Lipinski definition) is 1. The molecule has 0 amide bonds. The number of aryl methyl sites for hydroxylation is 2. The number of ketones is 1. The van der Waals surface area contributed by atoms with Crippen molar-refractivity contribution in [1.29, 1.82) is 0 Å². The average molecular weight is 221 g/mol. The number of ether oxygens (including phenoxy) is 1. The molecule has 1 N–H and O–H groups in total. The van der Waals surface area contributed by atoms with E-state index in [-0.39, 0.29) is 5.78 Å². The van der Waals surface area contributed by atoms with Gasteiger partial charge in [0.25, 0.3) is 0 Å². The molecule has 1 aromatic rings. The highest BCUT2D eigenvalue weighted by Gasteiger charge is 2.10. The van der Waals surface area contributed by atoms with E-state index in [1.54, 1.807) is 7.11 Å². The van der Waals surface area contributed by atoms with Crippen LogP contribution >= 0.6 is 0 Å². The molecular formula is C13H19NO2. The molecule has 0 aromatic heterocycles. The molecule has 0 unspecified atom stereocenters. The second-order valence-corrected chi connectivity index (χ2v) is 3.92. The van der Waals surface area contributed by atoms with Crippen LogP contribution in [0, 0.1) is 13.8 Å². The Hall–Kier alpha value is -1.35. The number of Topliss-reactive ketones (excluding diaryl/α,β-unsaturated/α-hetero) is 1. The van der Waals surface area contributed by atoms with Crippen LogP contribution in [0.4, 0.5) is 0 Å². The second kappa shape index (κ2) is 5.66. The predicted molar refractivity (Wildman–Crippen MR) is 65.3 cm³/mol. The summed E-state index contributed by atoms with van der Waals surface area (Å²) < 4.78 is 5.27. The Morgan fingerprint density at radius 1 is 1.31 bits per heavy atom. The van der Waals surface area contributed by atoms with Crippen molar-refractivity contribution >= 4 is 5.78 Å². The van der Waals surface area contributed by atoms with E-state index >= 15 is 0 Å². The van der Waals surface area contributed by atoms with Crippen molar-refractivity contribution in [1.82, 2.24) is 5.32 Å². The number of benzene rings is 1. The Labute approximate surface area is 96.8 Å². The molecule has 88 valence electrons. The summed E-state index contributed by atoms with van der Waals surface area (Å²) >= 11 is 0. The average Bonchev–Trinajstić information content (AvgIpc) is 2.25. The van der Waals surface area contributed by atoms with Crippen molar-refractivity contribution < 1.29 is 9.53 Å². The van der Waals surface area contributed by atoms with Gasteiger partial charge in [0.15, 0.2) is 5.78 Å². The number of carbonyl (C=O) groups excluding carboxylic acids is 1. The summed E-state index contributed by atoms with van der Waals surface area (Å²) in [6.07, 6.45) is 0.529. The summed E-state index contributed by atoms with van der Waals surface area (Å²) in [7, 11) is 3.50. The van der Waals surface area contributed by atoms with Crippen LogP contribution in [0.15, 0.2) is 12.1 Å². The maximum absolute atomic E-state index is 11.8. The highest BCUT2D eigenvalue weighted by Crippen LogP contribution is 2.24. The van der Waals surface area contributed by atoms with Gasteiger partial charge in [-0.05, 0) is 44.2 Å². The van der Waals surface area contributed by atoms with Gasteiger partial charge in [0.1, 0.15) is 5.75 Å². The third-order valence-electron chi connectivity index (χ3n) is 2.59. The van der Waals surface area contributed by atoms with Crippen molar-refractivity contribution in [2.24, 2.45) is 0 Å². The molecule has 3 nitrogen and oxygen atoms in total. The largest absolute Gasteiger partial charge is 0.496 e. The van der Waals surface area contributed by atoms with Crippen LogP contribution in [-0.4, -0.2) is 26.5 Å². The van der Waals surface area contributed by atoms with Crippen LogP contribution < -0.4 is 10.1 Å². The number of hydrogen-bond acceptors (Lipinski definition) is 3. The van der Waals surface area contributed by atoms with Gasteiger partial charge in [-0.1, -0.05) is 0 Å². The molecule has 0 radical (unpaired) electrons. The molecule has 16 heavy (non-hydrogen) atoms. The van der Waals surface area contributed by atoms with Crippen LogP contribution in [0.1, 0.15) is 27.9 Å². The third-order valence-corrected chi connectivity index (χ3v) is 2.59. The molecule has 0 atom stereocenters. The van der Waals surface area contributed by atoms with Crippen LogP contribution in [0.3, 0.4) is 0 Å². The van der Waals surface area contributed by atoms with Gasteiger partial charge in [-0.25, -0.2) is 0 Å². The summed E-state index contributed by atoms with van der Waals surface area (Å²) in [6, 6.07) is 3.79. The molecule has 0 spiro atoms. The number of rotatable bonds is 5. The van der Waals surface area contributed by atoms with Gasteiger partial charge in [-0.3, -0.25) is 4.79 Å². The number of methoxy groups -OCH3 is 1. The summed E-state index contributed by atoms with van der Waals surface area (Å²) in [5, 5.41) is 2.97. The molecule has 0 aliphatic heterocycles. The van der Waals surface area contributed by atoms with E-state index in [9.17, 15) is 4.79 Å². The molecule has 0 fully saturated rings. The highest BCUT2D eigenvalue weighted by atomic mass is 16.5. The lowest BCUT2D eigenvalue weighted by molar-refractivity contribution is 0.0983. The van der Waals surface area contributed by atoms with Gasteiger partial charge in [0.2, 0.25) is 0 Å². The second-order valence-electron chi connectivity index (χ2n) is 3.92. The third kappa shape index (κ3) is 2.83. The summed E-state index contributed by atoms with van der Waals surface area (Å²) in [5.74, 6) is 1.04. The lowest BCUT2D eigenvalue weighted by Gasteiger charge is -2.10. The topological polar surface area (TPSA) is 38.3 Å². The Morgan fingerprint density at radius 3 is 2.31 bits per heavy atom. The molecular weight excluding hydrogens is 202 g/mol. The molecule has 0 saturated carbocycles. The first kappa shape index (κ1) is 12.7. The zero-order valence-corrected chi connectivity index (χ0v) is 10.4.